The fourth-order valence-electron chi connectivity index (χ4n) is 3.81. The van der Waals surface area contributed by atoms with E-state index in [9.17, 15) is 27.9 Å². The highest BCUT2D eigenvalue weighted by atomic mass is 19.4. The maximum Gasteiger partial charge on any atom is 0.416 e. The summed E-state index contributed by atoms with van der Waals surface area (Å²) < 4.78 is 38.3. The van der Waals surface area contributed by atoms with Crippen LogP contribution in [0.4, 0.5) is 13.2 Å². The van der Waals surface area contributed by atoms with E-state index < -0.39 is 29.7 Å². The molecule has 1 amide bonds. The number of aliphatic carboxylic acids is 1. The Balaban J connectivity index is 1.42. The minimum atomic E-state index is -4.41. The number of halogens is 3. The van der Waals surface area contributed by atoms with Crippen LogP contribution in [0.2, 0.25) is 0 Å². The van der Waals surface area contributed by atoms with Gasteiger partial charge in [0.05, 0.1) is 5.56 Å². The van der Waals surface area contributed by atoms with Crippen LogP contribution >= 0.6 is 0 Å². The monoisotopic (exact) mass is 489 g/mol. The summed E-state index contributed by atoms with van der Waals surface area (Å²) in [4.78, 5) is 24.5. The standard InChI is InChI=1S/C29H22F3NO3/c30-29(31,32)25-16-14-23(15-17-25)22-10-12-24(13-11-22)27(34)33-26(28(35)36)18-19-6-8-21(9-7-19)20-4-2-1-3-5-20/h1-17,26H,18H2,(H,33,34)(H,35,36)/t26-/m0/s1. The van der Waals surface area contributed by atoms with Gasteiger partial charge in [0.15, 0.2) is 0 Å². The summed E-state index contributed by atoms with van der Waals surface area (Å²) in [7, 11) is 0. The van der Waals surface area contributed by atoms with Crippen LogP contribution in [0.25, 0.3) is 22.3 Å². The van der Waals surface area contributed by atoms with E-state index in [1.54, 1.807) is 12.1 Å². The van der Waals surface area contributed by atoms with Gasteiger partial charge in [0.2, 0.25) is 0 Å². The Morgan fingerprint density at radius 1 is 0.694 bits per heavy atom. The van der Waals surface area contributed by atoms with Gasteiger partial charge in [-0.2, -0.15) is 13.2 Å². The van der Waals surface area contributed by atoms with Crippen molar-refractivity contribution in [2.45, 2.75) is 18.6 Å². The van der Waals surface area contributed by atoms with Gasteiger partial charge in [-0.1, -0.05) is 78.9 Å². The lowest BCUT2D eigenvalue weighted by Gasteiger charge is -2.15. The number of carbonyl (C=O) groups is 2. The molecule has 0 heterocycles. The molecule has 4 aromatic carbocycles. The fraction of sp³-hybridized carbons (Fsp3) is 0.103. The van der Waals surface area contributed by atoms with Crippen molar-refractivity contribution in [2.75, 3.05) is 0 Å². The molecule has 2 N–H and O–H groups in total. The van der Waals surface area contributed by atoms with Crippen molar-refractivity contribution in [3.05, 3.63) is 120 Å². The second-order valence-corrected chi connectivity index (χ2v) is 8.28. The third-order valence-corrected chi connectivity index (χ3v) is 5.80. The zero-order valence-corrected chi connectivity index (χ0v) is 19.0. The quantitative estimate of drug-likeness (QED) is 0.313. The van der Waals surface area contributed by atoms with Crippen molar-refractivity contribution >= 4 is 11.9 Å². The Bertz CT molecular complexity index is 1330. The highest BCUT2D eigenvalue weighted by Crippen LogP contribution is 2.31. The first kappa shape index (κ1) is 24.7. The Labute approximate surface area is 206 Å². The van der Waals surface area contributed by atoms with Crippen molar-refractivity contribution in [3.63, 3.8) is 0 Å². The van der Waals surface area contributed by atoms with E-state index >= 15 is 0 Å². The number of carboxylic acids is 1. The largest absolute Gasteiger partial charge is 0.480 e. The lowest BCUT2D eigenvalue weighted by atomic mass is 10.00. The third kappa shape index (κ3) is 5.99. The predicted octanol–water partition coefficient (Wildman–Crippen LogP) is 6.47. The Morgan fingerprint density at radius 3 is 1.67 bits per heavy atom. The molecule has 4 nitrogen and oxygen atoms in total. The highest BCUT2D eigenvalue weighted by Gasteiger charge is 2.30. The van der Waals surface area contributed by atoms with Gasteiger partial charge in [-0.3, -0.25) is 4.79 Å². The van der Waals surface area contributed by atoms with Crippen LogP contribution in [0.5, 0.6) is 0 Å². The van der Waals surface area contributed by atoms with Gasteiger partial charge in [0.1, 0.15) is 6.04 Å². The summed E-state index contributed by atoms with van der Waals surface area (Å²) in [6.45, 7) is 0. The molecule has 0 radical (unpaired) electrons. The average Bonchev–Trinajstić information content (AvgIpc) is 2.89. The zero-order valence-electron chi connectivity index (χ0n) is 19.0. The number of amides is 1. The topological polar surface area (TPSA) is 66.4 Å². The lowest BCUT2D eigenvalue weighted by molar-refractivity contribution is -0.139. The zero-order chi connectivity index (χ0) is 25.7. The average molecular weight is 489 g/mol. The summed E-state index contributed by atoms with van der Waals surface area (Å²) in [5, 5.41) is 12.2. The van der Waals surface area contributed by atoms with Crippen LogP contribution in [0.3, 0.4) is 0 Å². The van der Waals surface area contributed by atoms with Crippen LogP contribution in [0.15, 0.2) is 103 Å². The van der Waals surface area contributed by atoms with Gasteiger partial charge < -0.3 is 10.4 Å². The SMILES string of the molecule is O=C(N[C@@H](Cc1ccc(-c2ccccc2)cc1)C(=O)O)c1ccc(-c2ccc(C(F)(F)F)cc2)cc1. The molecule has 0 aliphatic carbocycles. The van der Waals surface area contributed by atoms with Crippen molar-refractivity contribution in [3.8, 4) is 22.3 Å². The van der Waals surface area contributed by atoms with Gasteiger partial charge in [-0.05, 0) is 52.1 Å². The molecule has 4 aromatic rings. The normalized spacial score (nSPS) is 12.1. The number of nitrogens with one attached hydrogen (secondary N) is 1. The molecular weight excluding hydrogens is 467 g/mol. The van der Waals surface area contributed by atoms with Crippen LogP contribution in [-0.4, -0.2) is 23.0 Å². The first-order valence-corrected chi connectivity index (χ1v) is 11.2. The molecule has 182 valence electrons. The van der Waals surface area contributed by atoms with Crippen LogP contribution in [0.1, 0.15) is 21.5 Å². The first-order valence-electron chi connectivity index (χ1n) is 11.2. The van der Waals surface area contributed by atoms with Gasteiger partial charge in [-0.15, -0.1) is 0 Å². The van der Waals surface area contributed by atoms with E-state index in [0.29, 0.717) is 11.1 Å². The molecule has 0 fully saturated rings. The molecule has 0 bridgehead atoms. The van der Waals surface area contributed by atoms with E-state index in [1.807, 2.05) is 54.6 Å². The Kier molecular flexibility index (Phi) is 7.20. The second-order valence-electron chi connectivity index (χ2n) is 8.28. The maximum atomic E-state index is 12.8. The van der Waals surface area contributed by atoms with Gasteiger partial charge >= 0.3 is 12.1 Å². The van der Waals surface area contributed by atoms with E-state index in [-0.39, 0.29) is 12.0 Å². The number of alkyl halides is 3. The predicted molar refractivity (Wildman–Crippen MR) is 131 cm³/mol. The smallest absolute Gasteiger partial charge is 0.416 e. The van der Waals surface area contributed by atoms with Crippen LogP contribution < -0.4 is 5.32 Å². The summed E-state index contributed by atoms with van der Waals surface area (Å²) in [5.74, 6) is -1.71. The molecule has 0 aliphatic heterocycles. The second kappa shape index (κ2) is 10.5. The van der Waals surface area contributed by atoms with E-state index in [4.69, 9.17) is 0 Å². The Hall–Kier alpha value is -4.39. The van der Waals surface area contributed by atoms with E-state index in [2.05, 4.69) is 5.32 Å². The Morgan fingerprint density at radius 2 is 1.17 bits per heavy atom. The molecule has 4 rings (SSSR count). The van der Waals surface area contributed by atoms with Crippen molar-refractivity contribution in [2.24, 2.45) is 0 Å². The first-order chi connectivity index (χ1) is 17.2. The molecule has 0 unspecified atom stereocenters. The summed E-state index contributed by atoms with van der Waals surface area (Å²) >= 11 is 0. The van der Waals surface area contributed by atoms with Crippen LogP contribution in [0, 0.1) is 0 Å². The summed E-state index contributed by atoms with van der Waals surface area (Å²) in [6, 6.07) is 27.1. The van der Waals surface area contributed by atoms with Gasteiger partial charge in [0, 0.05) is 12.0 Å². The lowest BCUT2D eigenvalue weighted by Crippen LogP contribution is -2.42. The summed E-state index contributed by atoms with van der Waals surface area (Å²) in [6.07, 6.45) is -4.30. The van der Waals surface area contributed by atoms with Crippen molar-refractivity contribution in [1.29, 1.82) is 0 Å². The minimum Gasteiger partial charge on any atom is -0.480 e. The number of rotatable bonds is 7. The molecule has 0 aromatic heterocycles. The molecule has 0 aliphatic rings. The molecule has 1 atom stereocenters. The fourth-order valence-corrected chi connectivity index (χ4v) is 3.81. The molecule has 7 heteroatoms. The molecule has 0 saturated heterocycles. The van der Waals surface area contributed by atoms with E-state index in [1.165, 1.54) is 24.3 Å². The number of carboxylic acid groups (broad SMARTS) is 1. The highest BCUT2D eigenvalue weighted by molar-refractivity contribution is 5.97. The molecule has 0 saturated carbocycles. The number of carbonyl (C=O) groups excluding carboxylic acids is 1. The summed E-state index contributed by atoms with van der Waals surface area (Å²) in [5.41, 5.74) is 3.52. The third-order valence-electron chi connectivity index (χ3n) is 5.80. The van der Waals surface area contributed by atoms with Crippen LogP contribution in [-0.2, 0) is 17.4 Å². The van der Waals surface area contributed by atoms with Crippen molar-refractivity contribution < 1.29 is 27.9 Å². The number of benzene rings is 4. The minimum absolute atomic E-state index is 0.111. The molecular formula is C29H22F3NO3. The maximum absolute atomic E-state index is 12.8. The van der Waals surface area contributed by atoms with E-state index in [0.717, 1.165) is 28.8 Å². The van der Waals surface area contributed by atoms with Gasteiger partial charge in [0.25, 0.3) is 5.91 Å². The molecule has 36 heavy (non-hydrogen) atoms. The number of hydrogen-bond acceptors (Lipinski definition) is 2. The number of hydrogen-bond donors (Lipinski definition) is 2. The van der Waals surface area contributed by atoms with Gasteiger partial charge in [-0.25, -0.2) is 4.79 Å². The van der Waals surface area contributed by atoms with Crippen molar-refractivity contribution in [1.82, 2.24) is 5.32 Å². The molecule has 0 spiro atoms.